The summed E-state index contributed by atoms with van der Waals surface area (Å²) in [5.41, 5.74) is 1.46. The van der Waals surface area contributed by atoms with E-state index < -0.39 is 5.41 Å². The molecule has 0 aliphatic heterocycles. The summed E-state index contributed by atoms with van der Waals surface area (Å²) in [5.74, 6) is -0.213. The van der Waals surface area contributed by atoms with Gasteiger partial charge in [0.1, 0.15) is 0 Å². The van der Waals surface area contributed by atoms with Crippen LogP contribution in [0.1, 0.15) is 85.0 Å². The van der Waals surface area contributed by atoms with E-state index in [9.17, 15) is 4.79 Å². The zero-order chi connectivity index (χ0) is 13.9. The Morgan fingerprint density at radius 2 is 1.39 bits per heavy atom. The van der Waals surface area contributed by atoms with E-state index in [-0.39, 0.29) is 5.91 Å². The molecule has 0 saturated heterocycles. The Labute approximate surface area is 112 Å². The Morgan fingerprint density at radius 1 is 0.944 bits per heavy atom. The summed E-state index contributed by atoms with van der Waals surface area (Å²) >= 11 is 0. The van der Waals surface area contributed by atoms with E-state index in [1.54, 1.807) is 0 Å². The Morgan fingerprint density at radius 3 is 1.72 bits per heavy atom. The smallest absolute Gasteiger partial charge is 0.249 e. The van der Waals surface area contributed by atoms with Crippen molar-refractivity contribution < 1.29 is 10.0 Å². The zero-order valence-corrected chi connectivity index (χ0v) is 12.4. The van der Waals surface area contributed by atoms with Crippen molar-refractivity contribution in [1.29, 1.82) is 0 Å². The van der Waals surface area contributed by atoms with Crippen LogP contribution in [-0.4, -0.2) is 11.1 Å². The van der Waals surface area contributed by atoms with Gasteiger partial charge in [-0.25, -0.2) is 5.48 Å². The minimum absolute atomic E-state index is 0.213. The molecule has 108 valence electrons. The number of hydrogen-bond donors (Lipinski definition) is 2. The van der Waals surface area contributed by atoms with Crippen molar-refractivity contribution in [2.24, 2.45) is 5.41 Å². The normalized spacial score (nSPS) is 11.6. The highest BCUT2D eigenvalue weighted by Crippen LogP contribution is 2.31. The first-order valence-corrected chi connectivity index (χ1v) is 7.55. The van der Waals surface area contributed by atoms with Gasteiger partial charge in [-0.1, -0.05) is 72.1 Å². The molecule has 0 aliphatic rings. The highest BCUT2D eigenvalue weighted by molar-refractivity contribution is 5.80. The van der Waals surface area contributed by atoms with Gasteiger partial charge >= 0.3 is 0 Å². The zero-order valence-electron chi connectivity index (χ0n) is 12.4. The van der Waals surface area contributed by atoms with Crippen LogP contribution in [0.4, 0.5) is 0 Å². The molecule has 3 nitrogen and oxygen atoms in total. The SMILES string of the molecule is CCCCCCC(C)(CCCCCC)C(=O)NO. The summed E-state index contributed by atoms with van der Waals surface area (Å²) in [5, 5.41) is 8.88. The molecule has 3 heteroatoms. The lowest BCUT2D eigenvalue weighted by Crippen LogP contribution is -2.37. The summed E-state index contributed by atoms with van der Waals surface area (Å²) < 4.78 is 0. The van der Waals surface area contributed by atoms with Crippen LogP contribution in [-0.2, 0) is 4.79 Å². The molecule has 0 heterocycles. The van der Waals surface area contributed by atoms with Crippen molar-refractivity contribution in [3.63, 3.8) is 0 Å². The van der Waals surface area contributed by atoms with Gasteiger partial charge < -0.3 is 0 Å². The molecule has 0 rings (SSSR count). The predicted octanol–water partition coefficient (Wildman–Crippen LogP) is 4.44. The molecule has 0 atom stereocenters. The molecule has 0 aromatic carbocycles. The molecule has 0 aromatic rings. The molecule has 0 fully saturated rings. The minimum atomic E-state index is -0.393. The third-order valence-electron chi connectivity index (χ3n) is 3.81. The number of carbonyl (C=O) groups is 1. The summed E-state index contributed by atoms with van der Waals surface area (Å²) in [6.45, 7) is 6.35. The predicted molar refractivity (Wildman–Crippen MR) is 75.6 cm³/mol. The lowest BCUT2D eigenvalue weighted by atomic mass is 9.79. The Hall–Kier alpha value is -0.570. The van der Waals surface area contributed by atoms with Crippen molar-refractivity contribution in [1.82, 2.24) is 5.48 Å². The largest absolute Gasteiger partial charge is 0.289 e. The van der Waals surface area contributed by atoms with Crippen LogP contribution < -0.4 is 5.48 Å². The third-order valence-corrected chi connectivity index (χ3v) is 3.81. The Balaban J connectivity index is 4.12. The topological polar surface area (TPSA) is 49.3 Å². The van der Waals surface area contributed by atoms with E-state index in [2.05, 4.69) is 13.8 Å². The lowest BCUT2D eigenvalue weighted by molar-refractivity contribution is -0.140. The van der Waals surface area contributed by atoms with Gasteiger partial charge in [0.2, 0.25) is 5.91 Å². The van der Waals surface area contributed by atoms with Gasteiger partial charge in [-0.2, -0.15) is 0 Å². The lowest BCUT2D eigenvalue weighted by Gasteiger charge is -2.27. The van der Waals surface area contributed by atoms with Crippen LogP contribution >= 0.6 is 0 Å². The molecule has 0 bridgehead atoms. The van der Waals surface area contributed by atoms with Gasteiger partial charge in [0.25, 0.3) is 0 Å². The molecular formula is C15H31NO2. The van der Waals surface area contributed by atoms with Crippen molar-refractivity contribution in [3.05, 3.63) is 0 Å². The first kappa shape index (κ1) is 17.4. The molecular weight excluding hydrogens is 226 g/mol. The van der Waals surface area contributed by atoms with Crippen molar-refractivity contribution in [2.75, 3.05) is 0 Å². The number of hydrogen-bond acceptors (Lipinski definition) is 2. The Bertz CT molecular complexity index is 205. The van der Waals surface area contributed by atoms with Gasteiger partial charge in [0.15, 0.2) is 0 Å². The molecule has 0 aliphatic carbocycles. The molecule has 0 aromatic heterocycles. The molecule has 2 N–H and O–H groups in total. The fourth-order valence-electron chi connectivity index (χ4n) is 2.37. The van der Waals surface area contributed by atoms with Crippen molar-refractivity contribution >= 4 is 5.91 Å². The van der Waals surface area contributed by atoms with E-state index >= 15 is 0 Å². The fraction of sp³-hybridized carbons (Fsp3) is 0.933. The first-order chi connectivity index (χ1) is 8.60. The molecule has 0 spiro atoms. The van der Waals surface area contributed by atoms with E-state index in [1.807, 2.05) is 12.4 Å². The number of nitrogens with one attached hydrogen (secondary N) is 1. The molecule has 0 saturated carbocycles. The summed E-state index contributed by atoms with van der Waals surface area (Å²) in [6, 6.07) is 0. The van der Waals surface area contributed by atoms with Crippen LogP contribution in [0, 0.1) is 5.41 Å². The van der Waals surface area contributed by atoms with Crippen molar-refractivity contribution in [2.45, 2.75) is 85.0 Å². The van der Waals surface area contributed by atoms with Crippen LogP contribution in [0.3, 0.4) is 0 Å². The van der Waals surface area contributed by atoms with E-state index in [1.165, 1.54) is 38.5 Å². The van der Waals surface area contributed by atoms with Crippen LogP contribution in [0.2, 0.25) is 0 Å². The molecule has 0 unspecified atom stereocenters. The van der Waals surface area contributed by atoms with Gasteiger partial charge in [-0.3, -0.25) is 10.0 Å². The first-order valence-electron chi connectivity index (χ1n) is 7.55. The summed E-state index contributed by atoms with van der Waals surface area (Å²) in [7, 11) is 0. The van der Waals surface area contributed by atoms with E-state index in [0.717, 1.165) is 25.7 Å². The number of unbranched alkanes of at least 4 members (excludes halogenated alkanes) is 6. The molecule has 1 amide bonds. The van der Waals surface area contributed by atoms with Crippen LogP contribution in [0.15, 0.2) is 0 Å². The molecule has 0 radical (unpaired) electrons. The number of amides is 1. The Kier molecular flexibility index (Phi) is 10.0. The van der Waals surface area contributed by atoms with Gasteiger partial charge in [-0.15, -0.1) is 0 Å². The van der Waals surface area contributed by atoms with E-state index in [0.29, 0.717) is 0 Å². The molecule has 18 heavy (non-hydrogen) atoms. The summed E-state index contributed by atoms with van der Waals surface area (Å²) in [4.78, 5) is 11.8. The minimum Gasteiger partial charge on any atom is -0.289 e. The number of rotatable bonds is 11. The van der Waals surface area contributed by atoms with Crippen LogP contribution in [0.5, 0.6) is 0 Å². The second kappa shape index (κ2) is 10.4. The average Bonchev–Trinajstić information content (AvgIpc) is 2.39. The van der Waals surface area contributed by atoms with E-state index in [4.69, 9.17) is 5.21 Å². The second-order valence-electron chi connectivity index (χ2n) is 5.62. The maximum absolute atomic E-state index is 11.8. The summed E-state index contributed by atoms with van der Waals surface area (Å²) in [6.07, 6.45) is 11.1. The highest BCUT2D eigenvalue weighted by Gasteiger charge is 2.31. The quantitative estimate of drug-likeness (QED) is 0.326. The number of carbonyl (C=O) groups excluding carboxylic acids is 1. The van der Waals surface area contributed by atoms with Gasteiger partial charge in [0, 0.05) is 5.41 Å². The number of hydroxylamine groups is 1. The second-order valence-corrected chi connectivity index (χ2v) is 5.62. The van der Waals surface area contributed by atoms with Crippen molar-refractivity contribution in [3.8, 4) is 0 Å². The maximum Gasteiger partial charge on any atom is 0.249 e. The maximum atomic E-state index is 11.8. The average molecular weight is 257 g/mol. The van der Waals surface area contributed by atoms with Gasteiger partial charge in [-0.05, 0) is 12.8 Å². The third kappa shape index (κ3) is 7.00. The fourth-order valence-corrected chi connectivity index (χ4v) is 2.37. The van der Waals surface area contributed by atoms with Gasteiger partial charge in [0.05, 0.1) is 0 Å². The van der Waals surface area contributed by atoms with Crippen LogP contribution in [0.25, 0.3) is 0 Å². The monoisotopic (exact) mass is 257 g/mol. The highest BCUT2D eigenvalue weighted by atomic mass is 16.5. The standard InChI is InChI=1S/C15H31NO2/c1-4-6-8-10-12-15(3,14(17)16-18)13-11-9-7-5-2/h18H,4-13H2,1-3H3,(H,16,17).